The topological polar surface area (TPSA) is 50.1 Å². The summed E-state index contributed by atoms with van der Waals surface area (Å²) in [6.07, 6.45) is -3.20. The number of aromatic nitrogens is 4. The molecule has 0 radical (unpaired) electrons. The second kappa shape index (κ2) is 6.31. The number of benzene rings is 1. The maximum atomic E-state index is 12.7. The minimum absolute atomic E-state index is 0.486. The summed E-state index contributed by atoms with van der Waals surface area (Å²) in [5.74, 6) is 0.647. The number of hydrogen-bond acceptors (Lipinski definition) is 5. The Morgan fingerprint density at radius 3 is 2.42 bits per heavy atom. The molecule has 1 aromatic heterocycles. The molecule has 6 nitrogen and oxygen atoms in total. The van der Waals surface area contributed by atoms with E-state index >= 15 is 0 Å². The molecule has 2 bridgehead atoms. The van der Waals surface area contributed by atoms with E-state index in [1.54, 1.807) is 0 Å². The van der Waals surface area contributed by atoms with Crippen molar-refractivity contribution in [1.82, 2.24) is 30.0 Å². The van der Waals surface area contributed by atoms with Crippen molar-refractivity contribution >= 4 is 0 Å². The first-order valence-corrected chi connectivity index (χ1v) is 8.77. The van der Waals surface area contributed by atoms with Gasteiger partial charge in [-0.05, 0) is 55.0 Å². The van der Waals surface area contributed by atoms with Crippen LogP contribution in [-0.4, -0.2) is 61.2 Å². The average molecular weight is 366 g/mol. The molecule has 2 aromatic rings. The number of likely N-dealkylation sites (tertiary alicyclic amines) is 2. The molecule has 3 heterocycles. The summed E-state index contributed by atoms with van der Waals surface area (Å²) in [4.78, 5) is 4.90. The Morgan fingerprint density at radius 1 is 1.12 bits per heavy atom. The second-order valence-electron chi connectivity index (χ2n) is 7.31. The van der Waals surface area contributed by atoms with Crippen LogP contribution in [0.15, 0.2) is 24.3 Å². The molecule has 1 aromatic carbocycles. The van der Waals surface area contributed by atoms with Crippen molar-refractivity contribution in [2.45, 2.75) is 51.1 Å². The molecular weight excluding hydrogens is 345 g/mol. The van der Waals surface area contributed by atoms with Crippen molar-refractivity contribution in [1.29, 1.82) is 0 Å². The van der Waals surface area contributed by atoms with Crippen LogP contribution in [0.25, 0.3) is 5.69 Å². The van der Waals surface area contributed by atoms with Gasteiger partial charge >= 0.3 is 6.18 Å². The zero-order valence-electron chi connectivity index (χ0n) is 14.7. The summed E-state index contributed by atoms with van der Waals surface area (Å²) >= 11 is 0. The van der Waals surface area contributed by atoms with Crippen LogP contribution < -0.4 is 0 Å². The van der Waals surface area contributed by atoms with E-state index in [9.17, 15) is 13.2 Å². The van der Waals surface area contributed by atoms with Crippen molar-refractivity contribution in [3.8, 4) is 5.69 Å². The van der Waals surface area contributed by atoms with Gasteiger partial charge in [0.15, 0.2) is 5.82 Å². The van der Waals surface area contributed by atoms with Crippen LogP contribution in [0.5, 0.6) is 0 Å². The highest BCUT2D eigenvalue weighted by molar-refractivity contribution is 5.35. The number of halogens is 3. The third-order valence-corrected chi connectivity index (χ3v) is 5.38. The Hall–Kier alpha value is -2.00. The van der Waals surface area contributed by atoms with E-state index in [4.69, 9.17) is 0 Å². The summed E-state index contributed by atoms with van der Waals surface area (Å²) in [5, 5.41) is 11.8. The number of fused-ring (bicyclic) bond motifs is 2. The fourth-order valence-corrected chi connectivity index (χ4v) is 4.08. The van der Waals surface area contributed by atoms with Crippen LogP contribution in [0.1, 0.15) is 31.7 Å². The largest absolute Gasteiger partial charge is 0.416 e. The fraction of sp³-hybridized carbons (Fsp3) is 0.588. The van der Waals surface area contributed by atoms with Crippen molar-refractivity contribution in [3.05, 3.63) is 35.7 Å². The molecule has 2 atom stereocenters. The van der Waals surface area contributed by atoms with Gasteiger partial charge in [0.25, 0.3) is 0 Å². The van der Waals surface area contributed by atoms with Crippen molar-refractivity contribution in [3.63, 3.8) is 0 Å². The monoisotopic (exact) mass is 366 g/mol. The fourth-order valence-electron chi connectivity index (χ4n) is 4.08. The Labute approximate surface area is 149 Å². The summed E-state index contributed by atoms with van der Waals surface area (Å²) in [6.45, 7) is 7.06. The molecule has 4 rings (SSSR count). The van der Waals surface area contributed by atoms with Gasteiger partial charge in [-0.2, -0.15) is 17.9 Å². The van der Waals surface area contributed by atoms with Crippen molar-refractivity contribution in [2.75, 3.05) is 13.1 Å². The highest BCUT2D eigenvalue weighted by atomic mass is 19.4. The van der Waals surface area contributed by atoms with E-state index in [0.29, 0.717) is 36.2 Å². The number of alkyl halides is 3. The molecule has 0 saturated carbocycles. The highest BCUT2D eigenvalue weighted by Crippen LogP contribution is 2.33. The zero-order valence-corrected chi connectivity index (χ0v) is 14.7. The number of hydrogen-bond donors (Lipinski definition) is 0. The average Bonchev–Trinajstić information content (AvgIpc) is 3.29. The molecule has 9 heteroatoms. The van der Waals surface area contributed by atoms with Gasteiger partial charge in [0.1, 0.15) is 0 Å². The van der Waals surface area contributed by atoms with Gasteiger partial charge in [-0.25, -0.2) is 0 Å². The minimum Gasteiger partial charge on any atom is -0.295 e. The number of piperazine rings is 1. The predicted octanol–water partition coefficient (Wildman–Crippen LogP) is 2.35. The zero-order chi connectivity index (χ0) is 18.5. The van der Waals surface area contributed by atoms with Crippen LogP contribution in [0.2, 0.25) is 0 Å². The maximum Gasteiger partial charge on any atom is 0.416 e. The summed E-state index contributed by atoms with van der Waals surface area (Å²) in [5.41, 5.74) is -0.146. The van der Waals surface area contributed by atoms with Gasteiger partial charge < -0.3 is 0 Å². The van der Waals surface area contributed by atoms with Gasteiger partial charge in [-0.3, -0.25) is 9.80 Å². The van der Waals surface area contributed by atoms with Gasteiger partial charge in [-0.15, -0.1) is 5.10 Å². The minimum atomic E-state index is -4.35. The van der Waals surface area contributed by atoms with Crippen LogP contribution in [0.3, 0.4) is 0 Å². The summed E-state index contributed by atoms with van der Waals surface area (Å²) < 4.78 is 39.7. The Bertz CT molecular complexity index is 770. The molecule has 0 N–H and O–H groups in total. The second-order valence-corrected chi connectivity index (χ2v) is 7.31. The highest BCUT2D eigenvalue weighted by Gasteiger charge is 2.44. The van der Waals surface area contributed by atoms with Crippen LogP contribution >= 0.6 is 0 Å². The third-order valence-electron chi connectivity index (χ3n) is 5.38. The molecule has 2 saturated heterocycles. The number of tetrazole rings is 1. The molecule has 0 spiro atoms. The van der Waals surface area contributed by atoms with Crippen molar-refractivity contribution < 1.29 is 13.2 Å². The van der Waals surface area contributed by atoms with E-state index in [2.05, 4.69) is 39.2 Å². The Balaban J connectivity index is 1.49. The SMILES string of the molecule is CC(C)N1C[C@@H]2C[C@H]1CN2Cc1nnnn1-c1ccc(C(F)(F)F)cc1. The molecule has 0 aliphatic carbocycles. The first-order valence-electron chi connectivity index (χ1n) is 8.77. The van der Waals surface area contributed by atoms with Crippen LogP contribution in [-0.2, 0) is 12.7 Å². The lowest BCUT2D eigenvalue weighted by Crippen LogP contribution is -2.48. The lowest BCUT2D eigenvalue weighted by molar-refractivity contribution is -0.137. The van der Waals surface area contributed by atoms with Crippen LogP contribution in [0, 0.1) is 0 Å². The molecule has 0 unspecified atom stereocenters. The van der Waals surface area contributed by atoms with Crippen LogP contribution in [0.4, 0.5) is 13.2 Å². The van der Waals surface area contributed by atoms with Crippen molar-refractivity contribution in [2.24, 2.45) is 0 Å². The van der Waals surface area contributed by atoms with E-state index in [0.717, 1.165) is 31.6 Å². The van der Waals surface area contributed by atoms with Gasteiger partial charge in [-0.1, -0.05) is 0 Å². The standard InChI is InChI=1S/C17H21F3N6/c1-11(2)25-9-14-7-15(25)8-24(14)10-16-21-22-23-26(16)13-5-3-12(4-6-13)17(18,19)20/h3-6,11,14-15H,7-10H2,1-2H3/t14-,15-/m0/s1. The molecule has 140 valence electrons. The first-order chi connectivity index (χ1) is 12.3. The number of rotatable bonds is 4. The first kappa shape index (κ1) is 17.4. The van der Waals surface area contributed by atoms with Gasteiger partial charge in [0, 0.05) is 31.2 Å². The Kier molecular flexibility index (Phi) is 4.23. The quantitative estimate of drug-likeness (QED) is 0.831. The van der Waals surface area contributed by atoms with Gasteiger partial charge in [0.05, 0.1) is 17.8 Å². The Morgan fingerprint density at radius 2 is 1.85 bits per heavy atom. The van der Waals surface area contributed by atoms with E-state index in [1.807, 2.05) is 0 Å². The lowest BCUT2D eigenvalue weighted by atomic mass is 10.2. The van der Waals surface area contributed by atoms with Gasteiger partial charge in [0.2, 0.25) is 0 Å². The van der Waals surface area contributed by atoms with E-state index < -0.39 is 11.7 Å². The molecule has 2 aliphatic heterocycles. The molecule has 2 aliphatic rings. The molecular formula is C17H21F3N6. The molecule has 0 amide bonds. The summed E-state index contributed by atoms with van der Waals surface area (Å²) in [6, 6.07) is 6.51. The third kappa shape index (κ3) is 3.09. The number of nitrogens with zero attached hydrogens (tertiary/aromatic N) is 6. The smallest absolute Gasteiger partial charge is 0.295 e. The maximum absolute atomic E-state index is 12.7. The molecule has 2 fully saturated rings. The predicted molar refractivity (Wildman–Crippen MR) is 88.6 cm³/mol. The summed E-state index contributed by atoms with van der Waals surface area (Å²) in [7, 11) is 0. The normalized spacial score (nSPS) is 24.1. The molecule has 26 heavy (non-hydrogen) atoms. The van der Waals surface area contributed by atoms with E-state index in [1.165, 1.54) is 16.8 Å². The van der Waals surface area contributed by atoms with E-state index in [-0.39, 0.29) is 0 Å². The lowest BCUT2D eigenvalue weighted by Gasteiger charge is -2.36.